The second-order valence-electron chi connectivity index (χ2n) is 3.74. The van der Waals surface area contributed by atoms with Crippen molar-refractivity contribution in [1.82, 2.24) is 0 Å². The molecule has 5 heteroatoms. The summed E-state index contributed by atoms with van der Waals surface area (Å²) in [6.07, 6.45) is -0.363. The zero-order valence-electron chi connectivity index (χ0n) is 8.73. The molecule has 4 nitrogen and oxygen atoms in total. The van der Waals surface area contributed by atoms with Gasteiger partial charge >= 0.3 is 6.09 Å². The summed E-state index contributed by atoms with van der Waals surface area (Å²) in [5, 5.41) is 0.539. The van der Waals surface area contributed by atoms with Crippen LogP contribution in [-0.2, 0) is 4.74 Å². The van der Waals surface area contributed by atoms with E-state index in [0.29, 0.717) is 30.4 Å². The van der Waals surface area contributed by atoms with Crippen LogP contribution in [0.1, 0.15) is 0 Å². The van der Waals surface area contributed by atoms with Crippen molar-refractivity contribution < 1.29 is 9.53 Å². The number of nitrogens with zero attached hydrogens (tertiary/aromatic N) is 1. The molecule has 1 amide bonds. The summed E-state index contributed by atoms with van der Waals surface area (Å²) in [5.74, 6) is 0.161. The molecule has 2 N–H and O–H groups in total. The van der Waals surface area contributed by atoms with Crippen LogP contribution in [0.4, 0.5) is 10.5 Å². The van der Waals surface area contributed by atoms with E-state index in [9.17, 15) is 4.79 Å². The van der Waals surface area contributed by atoms with Gasteiger partial charge in [0.1, 0.15) is 0 Å². The van der Waals surface area contributed by atoms with E-state index < -0.39 is 0 Å². The predicted octanol–water partition coefficient (Wildman–Crippen LogP) is 1.87. The minimum atomic E-state index is -0.363. The molecule has 1 unspecified atom stereocenters. The normalized spacial score (nSPS) is 20.8. The van der Waals surface area contributed by atoms with Crippen molar-refractivity contribution in [2.75, 3.05) is 24.6 Å². The number of carbonyl (C=O) groups is 1. The Labute approximate surface area is 98.9 Å². The molecule has 0 aromatic heterocycles. The molecule has 0 spiro atoms. The molecule has 0 saturated carbocycles. The highest BCUT2D eigenvalue weighted by molar-refractivity contribution is 6.33. The Bertz CT molecular complexity index is 397. The van der Waals surface area contributed by atoms with Crippen LogP contribution in [0.5, 0.6) is 0 Å². The van der Waals surface area contributed by atoms with Crippen molar-refractivity contribution in [1.29, 1.82) is 0 Å². The quantitative estimate of drug-likeness (QED) is 0.859. The molecule has 1 aromatic carbocycles. The minimum absolute atomic E-state index is 0.161. The largest absolute Gasteiger partial charge is 0.449 e. The van der Waals surface area contributed by atoms with Crippen LogP contribution in [0.25, 0.3) is 0 Å². The molecule has 1 atom stereocenters. The summed E-state index contributed by atoms with van der Waals surface area (Å²) in [5.41, 5.74) is 6.25. The number of nitrogens with two attached hydrogens (primary N) is 1. The maximum absolute atomic E-state index is 11.6. The Morgan fingerprint density at radius 3 is 2.94 bits per heavy atom. The van der Waals surface area contributed by atoms with Crippen LogP contribution in [-0.4, -0.2) is 25.8 Å². The number of para-hydroxylation sites is 1. The zero-order valence-corrected chi connectivity index (χ0v) is 9.48. The number of cyclic esters (lactones) is 1. The van der Waals surface area contributed by atoms with Gasteiger partial charge in [-0.15, -0.1) is 0 Å². The van der Waals surface area contributed by atoms with Crippen molar-refractivity contribution >= 4 is 23.4 Å². The number of hydrogen-bond acceptors (Lipinski definition) is 3. The molecule has 0 aliphatic carbocycles. The van der Waals surface area contributed by atoms with E-state index in [1.165, 1.54) is 4.90 Å². The van der Waals surface area contributed by atoms with E-state index in [1.54, 1.807) is 12.1 Å². The van der Waals surface area contributed by atoms with Gasteiger partial charge in [-0.25, -0.2) is 4.79 Å². The van der Waals surface area contributed by atoms with E-state index in [-0.39, 0.29) is 12.0 Å². The summed E-state index contributed by atoms with van der Waals surface area (Å²) >= 11 is 6.03. The first-order valence-corrected chi connectivity index (χ1v) is 5.49. The molecule has 1 aliphatic rings. The number of halogens is 1. The summed E-state index contributed by atoms with van der Waals surface area (Å²) < 4.78 is 5.05. The van der Waals surface area contributed by atoms with E-state index in [1.807, 2.05) is 12.1 Å². The van der Waals surface area contributed by atoms with Crippen LogP contribution >= 0.6 is 11.6 Å². The van der Waals surface area contributed by atoms with Crippen LogP contribution < -0.4 is 10.6 Å². The molecular formula is C11H13ClN2O2. The highest BCUT2D eigenvalue weighted by Crippen LogP contribution is 2.28. The second-order valence-corrected chi connectivity index (χ2v) is 4.15. The first-order chi connectivity index (χ1) is 7.72. The Kier molecular flexibility index (Phi) is 3.31. The average molecular weight is 241 g/mol. The fraction of sp³-hybridized carbons (Fsp3) is 0.364. The molecule has 2 rings (SSSR count). The number of amides is 1. The lowest BCUT2D eigenvalue weighted by Gasteiger charge is -2.31. The molecule has 16 heavy (non-hydrogen) atoms. The summed E-state index contributed by atoms with van der Waals surface area (Å²) in [6, 6.07) is 7.20. The summed E-state index contributed by atoms with van der Waals surface area (Å²) in [4.78, 5) is 13.1. The number of rotatable bonds is 2. The maximum atomic E-state index is 11.6. The van der Waals surface area contributed by atoms with Crippen molar-refractivity contribution in [3.63, 3.8) is 0 Å². The number of benzene rings is 1. The highest BCUT2D eigenvalue weighted by Gasteiger charge is 2.28. The minimum Gasteiger partial charge on any atom is -0.449 e. The number of hydrogen-bond donors (Lipinski definition) is 1. The zero-order chi connectivity index (χ0) is 11.5. The Hall–Kier alpha value is -1.26. The van der Waals surface area contributed by atoms with Gasteiger partial charge in [-0.2, -0.15) is 0 Å². The van der Waals surface area contributed by atoms with Gasteiger partial charge in [0, 0.05) is 19.0 Å². The SMILES string of the molecule is NCC1COC(=O)N(c2ccccc2Cl)C1. The summed E-state index contributed by atoms with van der Waals surface area (Å²) in [6.45, 7) is 1.43. The van der Waals surface area contributed by atoms with Gasteiger partial charge in [-0.05, 0) is 12.1 Å². The lowest BCUT2D eigenvalue weighted by atomic mass is 10.1. The van der Waals surface area contributed by atoms with Crippen molar-refractivity contribution in [3.8, 4) is 0 Å². The first-order valence-electron chi connectivity index (χ1n) is 5.11. The number of anilines is 1. The molecule has 1 aromatic rings. The monoisotopic (exact) mass is 240 g/mol. The molecule has 0 bridgehead atoms. The second kappa shape index (κ2) is 4.72. The number of ether oxygens (including phenoxy) is 1. The average Bonchev–Trinajstić information content (AvgIpc) is 2.31. The molecule has 1 fully saturated rings. The van der Waals surface area contributed by atoms with Gasteiger partial charge in [0.2, 0.25) is 0 Å². The molecule has 1 aliphatic heterocycles. The van der Waals surface area contributed by atoms with Gasteiger partial charge in [-0.1, -0.05) is 23.7 Å². The fourth-order valence-corrected chi connectivity index (χ4v) is 1.90. The standard InChI is InChI=1S/C11H13ClN2O2/c12-9-3-1-2-4-10(9)14-6-8(5-13)7-16-11(14)15/h1-4,8H,5-7,13H2. The third-order valence-corrected chi connectivity index (χ3v) is 2.90. The highest BCUT2D eigenvalue weighted by atomic mass is 35.5. The van der Waals surface area contributed by atoms with E-state index >= 15 is 0 Å². The molecule has 1 heterocycles. The van der Waals surface area contributed by atoms with Crippen LogP contribution in [0.15, 0.2) is 24.3 Å². The van der Waals surface area contributed by atoms with Crippen molar-refractivity contribution in [3.05, 3.63) is 29.3 Å². The Balaban J connectivity index is 2.25. The third-order valence-electron chi connectivity index (χ3n) is 2.58. The molecular weight excluding hydrogens is 228 g/mol. The lowest BCUT2D eigenvalue weighted by molar-refractivity contribution is 0.117. The molecule has 1 saturated heterocycles. The van der Waals surface area contributed by atoms with Gasteiger partial charge in [0.25, 0.3) is 0 Å². The van der Waals surface area contributed by atoms with Crippen LogP contribution in [0.2, 0.25) is 5.02 Å². The van der Waals surface area contributed by atoms with Crippen LogP contribution in [0, 0.1) is 5.92 Å². The Morgan fingerprint density at radius 2 is 2.25 bits per heavy atom. The van der Waals surface area contributed by atoms with E-state index in [0.717, 1.165) is 0 Å². The first kappa shape index (κ1) is 11.2. The summed E-state index contributed by atoms with van der Waals surface area (Å²) in [7, 11) is 0. The predicted molar refractivity (Wildman–Crippen MR) is 62.7 cm³/mol. The number of carbonyl (C=O) groups excluding carboxylic acids is 1. The van der Waals surface area contributed by atoms with E-state index in [2.05, 4.69) is 0 Å². The van der Waals surface area contributed by atoms with Gasteiger partial charge < -0.3 is 10.5 Å². The van der Waals surface area contributed by atoms with Gasteiger partial charge in [-0.3, -0.25) is 4.90 Å². The van der Waals surface area contributed by atoms with Crippen molar-refractivity contribution in [2.45, 2.75) is 0 Å². The van der Waals surface area contributed by atoms with Gasteiger partial charge in [0.05, 0.1) is 17.3 Å². The lowest BCUT2D eigenvalue weighted by Crippen LogP contribution is -2.45. The Morgan fingerprint density at radius 1 is 1.50 bits per heavy atom. The smallest absolute Gasteiger partial charge is 0.414 e. The van der Waals surface area contributed by atoms with Crippen LogP contribution in [0.3, 0.4) is 0 Å². The maximum Gasteiger partial charge on any atom is 0.414 e. The third kappa shape index (κ3) is 2.13. The van der Waals surface area contributed by atoms with Gasteiger partial charge in [0.15, 0.2) is 0 Å². The fourth-order valence-electron chi connectivity index (χ4n) is 1.66. The molecule has 0 radical (unpaired) electrons. The molecule has 86 valence electrons. The topological polar surface area (TPSA) is 55.6 Å². The van der Waals surface area contributed by atoms with E-state index in [4.69, 9.17) is 22.1 Å². The van der Waals surface area contributed by atoms with Crippen molar-refractivity contribution in [2.24, 2.45) is 11.7 Å².